The lowest BCUT2D eigenvalue weighted by atomic mass is 10.1. The number of primary amides is 1. The molecule has 2 fully saturated rings. The molecule has 4 atom stereocenters. The lowest BCUT2D eigenvalue weighted by Gasteiger charge is -2.27. The van der Waals surface area contributed by atoms with Crippen LogP contribution in [0.15, 0.2) is 0 Å². The summed E-state index contributed by atoms with van der Waals surface area (Å²) >= 11 is 0. The molecule has 2 aliphatic rings. The number of nitrogens with zero attached hydrogens (tertiary/aromatic N) is 1. The van der Waals surface area contributed by atoms with Crippen LogP contribution in [0.5, 0.6) is 0 Å². The fraction of sp³-hybridized carbons (Fsp3) is 0.833. The third-order valence-electron chi connectivity index (χ3n) is 4.23. The highest BCUT2D eigenvalue weighted by molar-refractivity contribution is 7.89. The summed E-state index contributed by atoms with van der Waals surface area (Å²) in [6.45, 7) is -0.166. The number of esters is 1. The average molecular weight is 320 g/mol. The predicted octanol–water partition coefficient (Wildman–Crippen LogP) is -1.42. The van der Waals surface area contributed by atoms with E-state index in [0.717, 1.165) is 4.31 Å². The van der Waals surface area contributed by atoms with Crippen molar-refractivity contribution < 1.29 is 27.9 Å². The second kappa shape index (κ2) is 5.90. The van der Waals surface area contributed by atoms with Crippen LogP contribution < -0.4 is 5.73 Å². The quantitative estimate of drug-likeness (QED) is 0.612. The van der Waals surface area contributed by atoms with E-state index >= 15 is 0 Å². The molecule has 9 heteroatoms. The molecule has 1 saturated heterocycles. The molecule has 1 heterocycles. The van der Waals surface area contributed by atoms with Crippen LogP contribution in [0.2, 0.25) is 0 Å². The number of rotatable bonds is 4. The van der Waals surface area contributed by atoms with E-state index in [0.29, 0.717) is 19.3 Å². The Labute approximate surface area is 123 Å². The van der Waals surface area contributed by atoms with Gasteiger partial charge in [-0.05, 0) is 12.8 Å². The monoisotopic (exact) mass is 320 g/mol. The Balaban J connectivity index is 2.28. The van der Waals surface area contributed by atoms with Crippen molar-refractivity contribution in [3.05, 3.63) is 0 Å². The van der Waals surface area contributed by atoms with E-state index in [1.54, 1.807) is 0 Å². The Hall–Kier alpha value is -1.19. The van der Waals surface area contributed by atoms with Crippen LogP contribution in [0.25, 0.3) is 0 Å². The van der Waals surface area contributed by atoms with Gasteiger partial charge in [-0.2, -0.15) is 4.31 Å². The van der Waals surface area contributed by atoms with Crippen LogP contribution in [0, 0.1) is 5.92 Å². The Morgan fingerprint density at radius 2 is 2.00 bits per heavy atom. The Morgan fingerprint density at radius 3 is 2.57 bits per heavy atom. The number of carbonyl (C=O) groups excluding carboxylic acids is 2. The SMILES string of the molecule is COC(=O)C1CCCC1S(=O)(=O)N1CC(O)CC1C(N)=O. The zero-order chi connectivity index (χ0) is 15.8. The fourth-order valence-electron chi connectivity index (χ4n) is 3.20. The topological polar surface area (TPSA) is 127 Å². The lowest BCUT2D eigenvalue weighted by molar-refractivity contribution is -0.145. The van der Waals surface area contributed by atoms with Gasteiger partial charge in [0.05, 0.1) is 24.4 Å². The van der Waals surface area contributed by atoms with Gasteiger partial charge in [0.15, 0.2) is 0 Å². The number of aliphatic hydroxyl groups excluding tert-OH is 1. The Bertz CT molecular complexity index is 534. The molecule has 0 aromatic carbocycles. The number of hydrogen-bond acceptors (Lipinski definition) is 6. The predicted molar refractivity (Wildman–Crippen MR) is 72.4 cm³/mol. The minimum absolute atomic E-state index is 0.00975. The molecular formula is C12H20N2O6S. The maximum atomic E-state index is 12.7. The molecule has 3 N–H and O–H groups in total. The second-order valence-corrected chi connectivity index (χ2v) is 7.63. The van der Waals surface area contributed by atoms with Gasteiger partial charge in [-0.1, -0.05) is 6.42 Å². The third kappa shape index (κ3) is 2.90. The third-order valence-corrected chi connectivity index (χ3v) is 6.61. The fourth-order valence-corrected chi connectivity index (χ4v) is 5.60. The number of amides is 1. The van der Waals surface area contributed by atoms with Gasteiger partial charge in [0.25, 0.3) is 0 Å². The van der Waals surface area contributed by atoms with Crippen molar-refractivity contribution >= 4 is 21.9 Å². The van der Waals surface area contributed by atoms with E-state index in [2.05, 4.69) is 4.74 Å². The first-order chi connectivity index (χ1) is 9.78. The van der Waals surface area contributed by atoms with Gasteiger partial charge >= 0.3 is 5.97 Å². The van der Waals surface area contributed by atoms with Crippen molar-refractivity contribution in [2.45, 2.75) is 43.1 Å². The summed E-state index contributed by atoms with van der Waals surface area (Å²) in [4.78, 5) is 23.1. The molecule has 0 radical (unpaired) electrons. The molecule has 120 valence electrons. The van der Waals surface area contributed by atoms with Crippen LogP contribution in [0.4, 0.5) is 0 Å². The van der Waals surface area contributed by atoms with Crippen molar-refractivity contribution in [3.63, 3.8) is 0 Å². The van der Waals surface area contributed by atoms with Gasteiger partial charge < -0.3 is 15.6 Å². The van der Waals surface area contributed by atoms with Crippen molar-refractivity contribution in [1.82, 2.24) is 4.31 Å². The summed E-state index contributed by atoms with van der Waals surface area (Å²) in [7, 11) is -2.68. The highest BCUT2D eigenvalue weighted by atomic mass is 32.2. The second-order valence-electron chi connectivity index (χ2n) is 5.52. The number of aliphatic hydroxyl groups is 1. The first kappa shape index (κ1) is 16.2. The van der Waals surface area contributed by atoms with Gasteiger partial charge in [-0.15, -0.1) is 0 Å². The van der Waals surface area contributed by atoms with Crippen molar-refractivity contribution in [2.24, 2.45) is 11.7 Å². The summed E-state index contributed by atoms with van der Waals surface area (Å²) in [5, 5.41) is 8.72. The average Bonchev–Trinajstić information content (AvgIpc) is 3.04. The van der Waals surface area contributed by atoms with Crippen molar-refractivity contribution in [1.29, 1.82) is 0 Å². The van der Waals surface area contributed by atoms with Crippen LogP contribution in [0.3, 0.4) is 0 Å². The molecule has 1 amide bonds. The van der Waals surface area contributed by atoms with Crippen molar-refractivity contribution in [2.75, 3.05) is 13.7 Å². The number of nitrogens with two attached hydrogens (primary N) is 1. The van der Waals surface area contributed by atoms with E-state index in [1.807, 2.05) is 0 Å². The number of methoxy groups -OCH3 is 1. The van der Waals surface area contributed by atoms with Gasteiger partial charge in [0.2, 0.25) is 15.9 Å². The zero-order valence-corrected chi connectivity index (χ0v) is 12.6. The maximum Gasteiger partial charge on any atom is 0.310 e. The van der Waals surface area contributed by atoms with Gasteiger partial charge in [-0.3, -0.25) is 9.59 Å². The molecule has 0 spiro atoms. The molecule has 1 aliphatic carbocycles. The number of carbonyl (C=O) groups is 2. The van der Waals surface area contributed by atoms with Crippen LogP contribution >= 0.6 is 0 Å². The van der Waals surface area contributed by atoms with E-state index in [1.165, 1.54) is 7.11 Å². The molecule has 1 aliphatic heterocycles. The molecule has 2 rings (SSSR count). The number of hydrogen-bond donors (Lipinski definition) is 2. The number of ether oxygens (including phenoxy) is 1. The Morgan fingerprint density at radius 1 is 1.33 bits per heavy atom. The minimum Gasteiger partial charge on any atom is -0.469 e. The highest BCUT2D eigenvalue weighted by Crippen LogP contribution is 2.36. The minimum atomic E-state index is -3.90. The molecule has 0 bridgehead atoms. The first-order valence-corrected chi connectivity index (χ1v) is 8.35. The molecule has 1 saturated carbocycles. The molecule has 21 heavy (non-hydrogen) atoms. The molecule has 4 unspecified atom stereocenters. The highest BCUT2D eigenvalue weighted by Gasteiger charge is 2.50. The maximum absolute atomic E-state index is 12.7. The standard InChI is InChI=1S/C12H20N2O6S/c1-20-12(17)8-3-2-4-10(8)21(18,19)14-6-7(15)5-9(14)11(13)16/h7-10,15H,2-6H2,1H3,(H2,13,16). The smallest absolute Gasteiger partial charge is 0.310 e. The normalized spacial score (nSPS) is 34.0. The van der Waals surface area contributed by atoms with E-state index in [-0.39, 0.29) is 13.0 Å². The van der Waals surface area contributed by atoms with E-state index in [4.69, 9.17) is 5.73 Å². The van der Waals surface area contributed by atoms with Crippen LogP contribution in [0.1, 0.15) is 25.7 Å². The zero-order valence-electron chi connectivity index (χ0n) is 11.8. The number of β-amino-alcohol motifs (C(OH)–C–C–N with tert-alkyl or cyclic N) is 1. The van der Waals surface area contributed by atoms with Gasteiger partial charge in [0.1, 0.15) is 6.04 Å². The van der Waals surface area contributed by atoms with E-state index < -0.39 is 45.2 Å². The molecule has 0 aromatic heterocycles. The summed E-state index contributed by atoms with van der Waals surface area (Å²) < 4.78 is 31.1. The molecule has 0 aromatic rings. The summed E-state index contributed by atoms with van der Waals surface area (Å²) in [5.74, 6) is -2.08. The first-order valence-electron chi connectivity index (χ1n) is 6.85. The largest absolute Gasteiger partial charge is 0.469 e. The molecular weight excluding hydrogens is 300 g/mol. The van der Waals surface area contributed by atoms with Crippen molar-refractivity contribution in [3.8, 4) is 0 Å². The van der Waals surface area contributed by atoms with Crippen LogP contribution in [-0.2, 0) is 24.3 Å². The van der Waals surface area contributed by atoms with E-state index in [9.17, 15) is 23.1 Å². The molecule has 8 nitrogen and oxygen atoms in total. The van der Waals surface area contributed by atoms with Gasteiger partial charge in [0, 0.05) is 13.0 Å². The summed E-state index contributed by atoms with van der Waals surface area (Å²) in [6.07, 6.45) is 0.440. The van der Waals surface area contributed by atoms with Gasteiger partial charge in [-0.25, -0.2) is 8.42 Å². The number of sulfonamides is 1. The summed E-state index contributed by atoms with van der Waals surface area (Å²) in [5.41, 5.74) is 5.22. The summed E-state index contributed by atoms with van der Waals surface area (Å²) in [6, 6.07) is -1.05. The Kier molecular flexibility index (Phi) is 4.54. The van der Waals surface area contributed by atoms with Crippen LogP contribution in [-0.4, -0.2) is 60.8 Å². The lowest BCUT2D eigenvalue weighted by Crippen LogP contribution is -2.49.